The number of benzene rings is 1. The molecule has 1 amide bonds. The first-order valence-electron chi connectivity index (χ1n) is 6.12. The van der Waals surface area contributed by atoms with Crippen molar-refractivity contribution >= 4 is 17.6 Å². The lowest BCUT2D eigenvalue weighted by Gasteiger charge is -2.11. The molecule has 106 valence electrons. The third kappa shape index (κ3) is 2.61. The second kappa shape index (κ2) is 4.92. The Labute approximate surface area is 114 Å². The fourth-order valence-electron chi connectivity index (χ4n) is 1.95. The van der Waals surface area contributed by atoms with Gasteiger partial charge in [0.25, 0.3) is 11.6 Å². The van der Waals surface area contributed by atoms with Gasteiger partial charge in [0.05, 0.1) is 10.3 Å². The molecule has 0 aliphatic heterocycles. The number of amides is 1. The summed E-state index contributed by atoms with van der Waals surface area (Å²) < 4.78 is 0. The number of aryl methyl sites for hydroxylation is 1. The second-order valence-electron chi connectivity index (χ2n) is 5.05. The van der Waals surface area contributed by atoms with Crippen molar-refractivity contribution in [3.05, 3.63) is 39.4 Å². The topological polar surface area (TPSA) is 110 Å². The molecule has 1 aromatic rings. The zero-order valence-corrected chi connectivity index (χ0v) is 10.9. The van der Waals surface area contributed by atoms with Gasteiger partial charge in [0.15, 0.2) is 0 Å². The number of nitrogens with one attached hydrogen (secondary N) is 1. The summed E-state index contributed by atoms with van der Waals surface area (Å²) in [6.45, 7) is 1.71. The Bertz CT molecular complexity index is 592. The summed E-state index contributed by atoms with van der Waals surface area (Å²) in [7, 11) is 0. The molecule has 0 unspecified atom stereocenters. The number of carboxylic acid groups (broad SMARTS) is 1. The lowest BCUT2D eigenvalue weighted by Crippen LogP contribution is -2.34. The lowest BCUT2D eigenvalue weighted by molar-refractivity contribution is -0.385. The van der Waals surface area contributed by atoms with E-state index < -0.39 is 22.2 Å². The Morgan fingerprint density at radius 2 is 2.10 bits per heavy atom. The van der Waals surface area contributed by atoms with Crippen molar-refractivity contribution in [2.45, 2.75) is 19.8 Å². The Kier molecular flexibility index (Phi) is 3.44. The molecule has 0 atom stereocenters. The first kappa shape index (κ1) is 14.0. The van der Waals surface area contributed by atoms with Gasteiger partial charge in [-0.1, -0.05) is 6.07 Å². The van der Waals surface area contributed by atoms with E-state index in [1.54, 1.807) is 13.0 Å². The van der Waals surface area contributed by atoms with Crippen LogP contribution < -0.4 is 5.32 Å². The summed E-state index contributed by atoms with van der Waals surface area (Å²) in [6.07, 6.45) is 1.02. The number of carbonyl (C=O) groups excluding carboxylic acids is 1. The molecule has 0 bridgehead atoms. The molecule has 0 spiro atoms. The van der Waals surface area contributed by atoms with Gasteiger partial charge < -0.3 is 10.4 Å². The van der Waals surface area contributed by atoms with Crippen LogP contribution in [0.15, 0.2) is 18.2 Å². The maximum Gasteiger partial charge on any atom is 0.311 e. The van der Waals surface area contributed by atoms with Crippen molar-refractivity contribution in [1.29, 1.82) is 0 Å². The van der Waals surface area contributed by atoms with Gasteiger partial charge in [-0.3, -0.25) is 19.7 Å². The van der Waals surface area contributed by atoms with Crippen LogP contribution in [-0.2, 0) is 4.79 Å². The molecule has 0 saturated heterocycles. The highest BCUT2D eigenvalue weighted by atomic mass is 16.6. The Morgan fingerprint density at radius 3 is 2.60 bits per heavy atom. The van der Waals surface area contributed by atoms with Crippen LogP contribution in [0.3, 0.4) is 0 Å². The van der Waals surface area contributed by atoms with Crippen LogP contribution in [-0.4, -0.2) is 28.5 Å². The summed E-state index contributed by atoms with van der Waals surface area (Å²) >= 11 is 0. The predicted octanol–water partition coefficient (Wildman–Crippen LogP) is 1.50. The van der Waals surface area contributed by atoms with Gasteiger partial charge in [-0.05, 0) is 31.4 Å². The standard InChI is InChI=1S/C13H14N2O5/c1-8-2-3-10(15(19)20)9(6-8)11(16)14-7-13(4-5-13)12(17)18/h2-3,6H,4-5,7H2,1H3,(H,14,16)(H,17,18). The van der Waals surface area contributed by atoms with Crippen LogP contribution in [0, 0.1) is 22.5 Å². The molecule has 0 aromatic heterocycles. The molecule has 20 heavy (non-hydrogen) atoms. The van der Waals surface area contributed by atoms with Crippen molar-refractivity contribution in [3.8, 4) is 0 Å². The quantitative estimate of drug-likeness (QED) is 0.626. The van der Waals surface area contributed by atoms with Gasteiger partial charge >= 0.3 is 5.97 Å². The third-order valence-corrected chi connectivity index (χ3v) is 3.49. The van der Waals surface area contributed by atoms with Crippen molar-refractivity contribution in [2.24, 2.45) is 5.41 Å². The van der Waals surface area contributed by atoms with E-state index in [0.29, 0.717) is 12.8 Å². The first-order chi connectivity index (χ1) is 9.35. The zero-order chi connectivity index (χ0) is 14.9. The number of nitrogens with zero attached hydrogens (tertiary/aromatic N) is 1. The summed E-state index contributed by atoms with van der Waals surface area (Å²) in [5.41, 5.74) is -0.501. The molecule has 1 saturated carbocycles. The molecule has 7 heteroatoms. The molecule has 1 aliphatic carbocycles. The van der Waals surface area contributed by atoms with E-state index in [0.717, 1.165) is 5.56 Å². The second-order valence-corrected chi connectivity index (χ2v) is 5.05. The lowest BCUT2D eigenvalue weighted by atomic mass is 10.1. The van der Waals surface area contributed by atoms with Crippen molar-refractivity contribution < 1.29 is 19.6 Å². The zero-order valence-electron chi connectivity index (χ0n) is 10.9. The number of nitro groups is 1. The fraction of sp³-hybridized carbons (Fsp3) is 0.385. The highest BCUT2D eigenvalue weighted by Gasteiger charge is 2.50. The van der Waals surface area contributed by atoms with Gasteiger partial charge in [0.2, 0.25) is 0 Å². The van der Waals surface area contributed by atoms with Gasteiger partial charge in [-0.2, -0.15) is 0 Å². The van der Waals surface area contributed by atoms with E-state index in [1.807, 2.05) is 0 Å². The van der Waals surface area contributed by atoms with Crippen LogP contribution >= 0.6 is 0 Å². The Morgan fingerprint density at radius 1 is 1.45 bits per heavy atom. The first-order valence-corrected chi connectivity index (χ1v) is 6.12. The average molecular weight is 278 g/mol. The van der Waals surface area contributed by atoms with Crippen LogP contribution in [0.25, 0.3) is 0 Å². The van der Waals surface area contributed by atoms with Crippen molar-refractivity contribution in [1.82, 2.24) is 5.32 Å². The maximum absolute atomic E-state index is 12.0. The molecule has 2 N–H and O–H groups in total. The number of nitro benzene ring substituents is 1. The minimum absolute atomic E-state index is 0.00768. The van der Waals surface area contributed by atoms with E-state index >= 15 is 0 Å². The number of hydrogen-bond acceptors (Lipinski definition) is 4. The highest BCUT2D eigenvalue weighted by molar-refractivity contribution is 5.98. The average Bonchev–Trinajstić information content (AvgIpc) is 3.16. The monoisotopic (exact) mass is 278 g/mol. The smallest absolute Gasteiger partial charge is 0.311 e. The van der Waals surface area contributed by atoms with E-state index in [-0.39, 0.29) is 17.8 Å². The van der Waals surface area contributed by atoms with Gasteiger partial charge in [-0.15, -0.1) is 0 Å². The van der Waals surface area contributed by atoms with Crippen LogP contribution in [0.4, 0.5) is 5.69 Å². The number of carbonyl (C=O) groups is 2. The summed E-state index contributed by atoms with van der Waals surface area (Å²) in [6, 6.07) is 4.25. The minimum atomic E-state index is -0.948. The fourth-order valence-corrected chi connectivity index (χ4v) is 1.95. The SMILES string of the molecule is Cc1ccc([N+](=O)[O-])c(C(=O)NCC2(C(=O)O)CC2)c1. The van der Waals surface area contributed by atoms with Gasteiger partial charge in [0.1, 0.15) is 5.56 Å². The number of aliphatic carboxylic acids is 1. The van der Waals surface area contributed by atoms with E-state index in [2.05, 4.69) is 5.32 Å². The van der Waals surface area contributed by atoms with Crippen LogP contribution in [0.5, 0.6) is 0 Å². The van der Waals surface area contributed by atoms with Crippen LogP contribution in [0.2, 0.25) is 0 Å². The molecular weight excluding hydrogens is 264 g/mol. The molecule has 7 nitrogen and oxygen atoms in total. The molecule has 1 aliphatic rings. The summed E-state index contributed by atoms with van der Waals surface area (Å²) in [5, 5.41) is 22.4. The largest absolute Gasteiger partial charge is 0.481 e. The van der Waals surface area contributed by atoms with Gasteiger partial charge in [-0.25, -0.2) is 0 Å². The highest BCUT2D eigenvalue weighted by Crippen LogP contribution is 2.45. The molecule has 0 radical (unpaired) electrons. The number of carboxylic acids is 1. The van der Waals surface area contributed by atoms with Crippen molar-refractivity contribution in [3.63, 3.8) is 0 Å². The Hall–Kier alpha value is -2.44. The van der Waals surface area contributed by atoms with E-state index in [1.165, 1.54) is 12.1 Å². The maximum atomic E-state index is 12.0. The van der Waals surface area contributed by atoms with E-state index in [4.69, 9.17) is 5.11 Å². The normalized spacial score (nSPS) is 15.4. The number of rotatable bonds is 5. The molecule has 1 fully saturated rings. The third-order valence-electron chi connectivity index (χ3n) is 3.49. The van der Waals surface area contributed by atoms with Gasteiger partial charge in [0, 0.05) is 12.6 Å². The van der Waals surface area contributed by atoms with E-state index in [9.17, 15) is 19.7 Å². The molecular formula is C13H14N2O5. The van der Waals surface area contributed by atoms with Crippen LogP contribution in [0.1, 0.15) is 28.8 Å². The predicted molar refractivity (Wildman–Crippen MR) is 69.5 cm³/mol. The summed E-state index contributed by atoms with van der Waals surface area (Å²) in [4.78, 5) is 33.3. The minimum Gasteiger partial charge on any atom is -0.481 e. The molecule has 1 aromatic carbocycles. The Balaban J connectivity index is 2.15. The molecule has 2 rings (SSSR count). The summed E-state index contributed by atoms with van der Waals surface area (Å²) in [5.74, 6) is -1.57. The molecule has 0 heterocycles. The van der Waals surface area contributed by atoms with Crippen molar-refractivity contribution in [2.75, 3.05) is 6.54 Å². The number of hydrogen-bond donors (Lipinski definition) is 2.